The van der Waals surface area contributed by atoms with Gasteiger partial charge in [-0.1, -0.05) is 12.1 Å². The first kappa shape index (κ1) is 19.9. The number of thiol groups is 1. The van der Waals surface area contributed by atoms with Crippen LogP contribution in [0.15, 0.2) is 48.7 Å². The van der Waals surface area contributed by atoms with Gasteiger partial charge < -0.3 is 9.80 Å². The third kappa shape index (κ3) is 6.77. The molecule has 0 aliphatic rings. The van der Waals surface area contributed by atoms with Crippen LogP contribution in [0.1, 0.15) is 17.7 Å². The van der Waals surface area contributed by atoms with E-state index in [-0.39, 0.29) is 0 Å². The number of hydrogen-bond donors (Lipinski definition) is 1. The van der Waals surface area contributed by atoms with Crippen molar-refractivity contribution in [1.82, 2.24) is 4.90 Å². The average molecular weight is 375 g/mol. The zero-order valence-electron chi connectivity index (χ0n) is 15.3. The van der Waals surface area contributed by atoms with Gasteiger partial charge in [-0.3, -0.25) is 0 Å². The number of rotatable bonds is 9. The Balaban J connectivity index is 1.98. The molecule has 0 amide bonds. The van der Waals surface area contributed by atoms with E-state index in [4.69, 9.17) is 0 Å². The molecule has 2 rings (SSSR count). The van der Waals surface area contributed by atoms with Crippen molar-refractivity contribution in [2.45, 2.75) is 12.3 Å². The van der Waals surface area contributed by atoms with Gasteiger partial charge in [0.25, 0.3) is 0 Å². The summed E-state index contributed by atoms with van der Waals surface area (Å²) in [7, 11) is 7.91. The predicted octanol–water partition coefficient (Wildman–Crippen LogP) is 4.07. The summed E-state index contributed by atoms with van der Waals surface area (Å²) in [6.07, 6.45) is 7.56. The van der Waals surface area contributed by atoms with Crippen molar-refractivity contribution in [3.8, 4) is 0 Å². The van der Waals surface area contributed by atoms with Gasteiger partial charge in [0, 0.05) is 37.5 Å². The van der Waals surface area contributed by atoms with Crippen LogP contribution in [0, 0.1) is 0 Å². The number of benzene rings is 1. The molecule has 0 fully saturated rings. The maximum Gasteiger partial charge on any atom is 0.205 e. The summed E-state index contributed by atoms with van der Waals surface area (Å²) >= 11 is 4.25. The van der Waals surface area contributed by atoms with Crippen molar-refractivity contribution >= 4 is 40.3 Å². The Hall–Kier alpha value is -1.43. The second kappa shape index (κ2) is 10.5. The molecule has 0 aliphatic carbocycles. The van der Waals surface area contributed by atoms with Crippen molar-refractivity contribution in [3.05, 3.63) is 59.9 Å². The van der Waals surface area contributed by atoms with Crippen LogP contribution in [0.2, 0.25) is 0 Å². The number of anilines is 1. The van der Waals surface area contributed by atoms with E-state index in [9.17, 15) is 0 Å². The van der Waals surface area contributed by atoms with Crippen LogP contribution in [0.3, 0.4) is 0 Å². The van der Waals surface area contributed by atoms with Crippen LogP contribution in [-0.4, -0.2) is 39.1 Å². The highest BCUT2D eigenvalue weighted by molar-refractivity contribution is 8.68. The molecule has 0 atom stereocenters. The minimum Gasteiger partial charge on any atom is -0.375 e. The first-order valence-corrected chi connectivity index (χ1v) is 10.5. The summed E-state index contributed by atoms with van der Waals surface area (Å²) in [6, 6.07) is 15.0. The Labute approximate surface area is 161 Å². The van der Waals surface area contributed by atoms with Gasteiger partial charge in [0.1, 0.15) is 0 Å². The second-order valence-electron chi connectivity index (χ2n) is 6.36. The van der Waals surface area contributed by atoms with Gasteiger partial charge in [0.2, 0.25) is 11.6 Å². The van der Waals surface area contributed by atoms with E-state index in [2.05, 4.69) is 102 Å². The van der Waals surface area contributed by atoms with Crippen molar-refractivity contribution < 1.29 is 4.57 Å². The molecule has 134 valence electrons. The molecule has 1 heterocycles. The summed E-state index contributed by atoms with van der Waals surface area (Å²) in [5, 5.41) is 0. The normalized spacial score (nSPS) is 11.4. The minimum absolute atomic E-state index is 0.834. The number of nitrogens with zero attached hydrogens (tertiary/aromatic N) is 3. The number of pyridine rings is 1. The lowest BCUT2D eigenvalue weighted by Gasteiger charge is -2.20. The Kier molecular flexibility index (Phi) is 8.38. The molecule has 0 N–H and O–H groups in total. The van der Waals surface area contributed by atoms with E-state index in [1.54, 1.807) is 0 Å². The standard InChI is InChI=1S/C20H27N3S2/c1-21(2)14-6-15-22(3)19-11-8-18(9-12-19)10-13-20-7-4-5-16-23(20)17-25-24/h4-5,7-13,16H,6,14-15,17H2,1-3H3/p+1. The minimum atomic E-state index is 0.834. The van der Waals surface area contributed by atoms with Crippen LogP contribution < -0.4 is 9.47 Å². The van der Waals surface area contributed by atoms with Gasteiger partial charge in [-0.05, 0) is 67.7 Å². The molecule has 0 spiro atoms. The van der Waals surface area contributed by atoms with E-state index < -0.39 is 0 Å². The Morgan fingerprint density at radius 2 is 1.76 bits per heavy atom. The van der Waals surface area contributed by atoms with E-state index >= 15 is 0 Å². The van der Waals surface area contributed by atoms with Crippen LogP contribution in [-0.2, 0) is 5.88 Å². The SMILES string of the molecule is CN(C)CCCN(C)c1ccc(/C=C/c2cccc[n+]2CSS)cc1. The first-order valence-electron chi connectivity index (χ1n) is 8.49. The third-order valence-electron chi connectivity index (χ3n) is 4.05. The Morgan fingerprint density at radius 3 is 2.44 bits per heavy atom. The Bertz CT molecular complexity index is 669. The van der Waals surface area contributed by atoms with Crippen molar-refractivity contribution in [2.75, 3.05) is 39.1 Å². The molecule has 0 saturated heterocycles. The van der Waals surface area contributed by atoms with E-state index in [1.807, 2.05) is 6.07 Å². The highest BCUT2D eigenvalue weighted by Crippen LogP contribution is 2.16. The second-order valence-corrected chi connectivity index (χ2v) is 7.65. The first-order chi connectivity index (χ1) is 12.1. The monoisotopic (exact) mass is 374 g/mol. The summed E-state index contributed by atoms with van der Waals surface area (Å²) < 4.78 is 2.18. The van der Waals surface area contributed by atoms with Crippen LogP contribution in [0.25, 0.3) is 12.2 Å². The van der Waals surface area contributed by atoms with E-state index in [0.29, 0.717) is 0 Å². The fourth-order valence-electron chi connectivity index (χ4n) is 2.60. The highest BCUT2D eigenvalue weighted by Gasteiger charge is 2.05. The van der Waals surface area contributed by atoms with Gasteiger partial charge >= 0.3 is 0 Å². The van der Waals surface area contributed by atoms with Crippen LogP contribution >= 0.6 is 22.5 Å². The maximum absolute atomic E-state index is 4.25. The summed E-state index contributed by atoms with van der Waals surface area (Å²) in [5.41, 5.74) is 3.64. The fourth-order valence-corrected chi connectivity index (χ4v) is 3.33. The van der Waals surface area contributed by atoms with Gasteiger partial charge in [-0.25, -0.2) is 0 Å². The summed E-state index contributed by atoms with van der Waals surface area (Å²) in [5.74, 6) is 0.834. The van der Waals surface area contributed by atoms with E-state index in [1.165, 1.54) is 34.2 Å². The molecule has 0 unspecified atom stereocenters. The molecule has 0 saturated carbocycles. The lowest BCUT2D eigenvalue weighted by atomic mass is 10.1. The van der Waals surface area contributed by atoms with Crippen molar-refractivity contribution in [2.24, 2.45) is 0 Å². The molecule has 0 aliphatic heterocycles. The summed E-state index contributed by atoms with van der Waals surface area (Å²) in [4.78, 5) is 4.54. The van der Waals surface area contributed by atoms with Gasteiger partial charge in [-0.2, -0.15) is 4.57 Å². The van der Waals surface area contributed by atoms with Gasteiger partial charge in [0.05, 0.1) is 0 Å². The molecule has 0 bridgehead atoms. The lowest BCUT2D eigenvalue weighted by molar-refractivity contribution is -0.677. The van der Waals surface area contributed by atoms with Crippen LogP contribution in [0.5, 0.6) is 0 Å². The zero-order valence-corrected chi connectivity index (χ0v) is 17.0. The Morgan fingerprint density at radius 1 is 1.00 bits per heavy atom. The van der Waals surface area contributed by atoms with E-state index in [0.717, 1.165) is 19.0 Å². The fraction of sp³-hybridized carbons (Fsp3) is 0.350. The molecule has 0 radical (unpaired) electrons. The van der Waals surface area contributed by atoms with Gasteiger partial charge in [0.15, 0.2) is 6.20 Å². The smallest absolute Gasteiger partial charge is 0.205 e. The molecule has 1 aromatic carbocycles. The zero-order chi connectivity index (χ0) is 18.1. The highest BCUT2D eigenvalue weighted by atomic mass is 33.1. The number of hydrogen-bond acceptors (Lipinski definition) is 4. The maximum atomic E-state index is 4.25. The largest absolute Gasteiger partial charge is 0.375 e. The molecule has 3 nitrogen and oxygen atoms in total. The van der Waals surface area contributed by atoms with Crippen LogP contribution in [0.4, 0.5) is 5.69 Å². The van der Waals surface area contributed by atoms with Gasteiger partial charge in [-0.15, -0.1) is 11.7 Å². The average Bonchev–Trinajstić information content (AvgIpc) is 2.61. The molecule has 1 aromatic heterocycles. The van der Waals surface area contributed by atoms with Crippen molar-refractivity contribution in [3.63, 3.8) is 0 Å². The predicted molar refractivity (Wildman–Crippen MR) is 115 cm³/mol. The molecule has 25 heavy (non-hydrogen) atoms. The molecular formula is C20H28N3S2+. The van der Waals surface area contributed by atoms with Crippen molar-refractivity contribution in [1.29, 1.82) is 0 Å². The topological polar surface area (TPSA) is 10.4 Å². The molecular weight excluding hydrogens is 346 g/mol. The molecule has 5 heteroatoms. The molecule has 2 aromatic rings. The third-order valence-corrected chi connectivity index (χ3v) is 4.79. The number of aromatic nitrogens is 1. The quantitative estimate of drug-likeness (QED) is 0.403. The summed E-state index contributed by atoms with van der Waals surface area (Å²) in [6.45, 7) is 2.19. The lowest BCUT2D eigenvalue weighted by Crippen LogP contribution is -2.34.